The molecule has 1 amide bonds. The van der Waals surface area contributed by atoms with Crippen LogP contribution in [-0.2, 0) is 5.41 Å². The van der Waals surface area contributed by atoms with Crippen LogP contribution < -0.4 is 5.32 Å². The van der Waals surface area contributed by atoms with Gasteiger partial charge in [-0.2, -0.15) is 0 Å². The predicted molar refractivity (Wildman–Crippen MR) is 76.6 cm³/mol. The fourth-order valence-corrected chi connectivity index (χ4v) is 1.65. The molecule has 0 saturated carbocycles. The number of carbonyl (C=O) groups is 2. The molecule has 0 atom stereocenters. The molecule has 6 heteroatoms. The number of hydrogen-bond acceptors (Lipinski definition) is 4. The van der Waals surface area contributed by atoms with Crippen LogP contribution in [0.1, 0.15) is 47.5 Å². The number of carbonyl (C=O) groups excluding carboxylic acids is 1. The highest BCUT2D eigenvalue weighted by Crippen LogP contribution is 2.21. The minimum atomic E-state index is -1.05. The topological polar surface area (TPSA) is 92.4 Å². The third-order valence-corrected chi connectivity index (χ3v) is 2.75. The Balaban J connectivity index is 2.16. The van der Waals surface area contributed by atoms with Gasteiger partial charge in [-0.15, -0.1) is 0 Å². The van der Waals surface area contributed by atoms with Crippen molar-refractivity contribution in [3.05, 3.63) is 47.7 Å². The Morgan fingerprint density at radius 3 is 2.57 bits per heavy atom. The first-order valence-electron chi connectivity index (χ1n) is 6.38. The van der Waals surface area contributed by atoms with Crippen molar-refractivity contribution in [2.75, 3.05) is 5.32 Å². The van der Waals surface area contributed by atoms with Crippen LogP contribution in [0.25, 0.3) is 0 Å². The van der Waals surface area contributed by atoms with Gasteiger partial charge in [0, 0.05) is 11.1 Å². The molecule has 21 heavy (non-hydrogen) atoms. The molecule has 1 heterocycles. The molecule has 1 aromatic heterocycles. The molecule has 2 N–H and O–H groups in total. The number of hydrogen-bond donors (Lipinski definition) is 2. The van der Waals surface area contributed by atoms with Crippen molar-refractivity contribution >= 4 is 17.6 Å². The fraction of sp³-hybridized carbons (Fsp3) is 0.267. The third kappa shape index (κ3) is 3.47. The van der Waals surface area contributed by atoms with E-state index in [2.05, 4.69) is 10.3 Å². The van der Waals surface area contributed by atoms with Crippen molar-refractivity contribution in [1.29, 1.82) is 0 Å². The van der Waals surface area contributed by atoms with Crippen LogP contribution in [0.4, 0.5) is 5.69 Å². The molecule has 0 saturated heterocycles. The van der Waals surface area contributed by atoms with Gasteiger partial charge in [-0.25, -0.2) is 9.78 Å². The van der Waals surface area contributed by atoms with Crippen LogP contribution in [0.15, 0.2) is 34.9 Å². The normalized spacial score (nSPS) is 11.2. The average molecular weight is 288 g/mol. The molecule has 0 bridgehead atoms. The zero-order valence-electron chi connectivity index (χ0n) is 12.0. The molecule has 0 aliphatic rings. The summed E-state index contributed by atoms with van der Waals surface area (Å²) in [6, 6.07) is 5.99. The molecule has 0 fully saturated rings. The molecule has 6 nitrogen and oxygen atoms in total. The highest BCUT2D eigenvalue weighted by Gasteiger charge is 2.22. The lowest BCUT2D eigenvalue weighted by Gasteiger charge is -2.11. The highest BCUT2D eigenvalue weighted by atomic mass is 16.4. The van der Waals surface area contributed by atoms with E-state index < -0.39 is 11.9 Å². The fourth-order valence-electron chi connectivity index (χ4n) is 1.65. The van der Waals surface area contributed by atoms with E-state index in [0.29, 0.717) is 11.6 Å². The first-order chi connectivity index (χ1) is 9.77. The first kappa shape index (κ1) is 14.8. The van der Waals surface area contributed by atoms with Crippen LogP contribution in [0.3, 0.4) is 0 Å². The maximum absolute atomic E-state index is 12.1. The van der Waals surface area contributed by atoms with Crippen molar-refractivity contribution in [3.63, 3.8) is 0 Å². The number of amides is 1. The standard InChI is InChI=1S/C15H16N2O4/c1-15(2,3)14-17-11(8-21-14)12(18)16-10-6-4-5-9(7-10)13(19)20/h4-8H,1-3H3,(H,16,18)(H,19,20). The summed E-state index contributed by atoms with van der Waals surface area (Å²) in [6.45, 7) is 5.78. The lowest BCUT2D eigenvalue weighted by molar-refractivity contribution is 0.0696. The Labute approximate surface area is 121 Å². The van der Waals surface area contributed by atoms with E-state index in [4.69, 9.17) is 9.52 Å². The van der Waals surface area contributed by atoms with Gasteiger partial charge in [-0.05, 0) is 18.2 Å². The molecule has 1 aromatic carbocycles. The maximum atomic E-state index is 12.1. The van der Waals surface area contributed by atoms with Crippen LogP contribution in [0, 0.1) is 0 Å². The van der Waals surface area contributed by atoms with Crippen LogP contribution in [-0.4, -0.2) is 22.0 Å². The molecule has 0 unspecified atom stereocenters. The second-order valence-electron chi connectivity index (χ2n) is 5.63. The quantitative estimate of drug-likeness (QED) is 0.905. The van der Waals surface area contributed by atoms with Gasteiger partial charge < -0.3 is 14.8 Å². The lowest BCUT2D eigenvalue weighted by atomic mass is 9.97. The number of carboxylic acids is 1. The van der Waals surface area contributed by atoms with Crippen molar-refractivity contribution in [3.8, 4) is 0 Å². The van der Waals surface area contributed by atoms with Gasteiger partial charge in [-0.3, -0.25) is 4.79 Å². The van der Waals surface area contributed by atoms with Crippen molar-refractivity contribution < 1.29 is 19.1 Å². The Morgan fingerprint density at radius 2 is 2.00 bits per heavy atom. The van der Waals surface area contributed by atoms with Gasteiger partial charge in [0.15, 0.2) is 11.6 Å². The zero-order valence-corrected chi connectivity index (χ0v) is 12.0. The number of benzene rings is 1. The number of rotatable bonds is 3. The van der Waals surface area contributed by atoms with E-state index in [1.165, 1.54) is 18.4 Å². The molecule has 110 valence electrons. The minimum absolute atomic E-state index is 0.100. The van der Waals surface area contributed by atoms with E-state index >= 15 is 0 Å². The van der Waals surface area contributed by atoms with Gasteiger partial charge in [0.05, 0.1) is 5.56 Å². The summed E-state index contributed by atoms with van der Waals surface area (Å²) in [7, 11) is 0. The highest BCUT2D eigenvalue weighted by molar-refractivity contribution is 6.03. The number of nitrogens with zero attached hydrogens (tertiary/aromatic N) is 1. The second-order valence-corrected chi connectivity index (χ2v) is 5.63. The van der Waals surface area contributed by atoms with Crippen molar-refractivity contribution in [2.45, 2.75) is 26.2 Å². The molecule has 0 aliphatic heterocycles. The van der Waals surface area contributed by atoms with Gasteiger partial charge in [0.1, 0.15) is 6.26 Å². The number of aromatic nitrogens is 1. The molecule has 0 spiro atoms. The maximum Gasteiger partial charge on any atom is 0.335 e. The zero-order chi connectivity index (χ0) is 15.6. The van der Waals surface area contributed by atoms with E-state index in [0.717, 1.165) is 0 Å². The molecule has 2 aromatic rings. The van der Waals surface area contributed by atoms with Gasteiger partial charge in [-0.1, -0.05) is 26.8 Å². The van der Waals surface area contributed by atoms with Gasteiger partial charge in [0.2, 0.25) is 0 Å². The van der Waals surface area contributed by atoms with Crippen LogP contribution >= 0.6 is 0 Å². The molecule has 0 radical (unpaired) electrons. The second kappa shape index (κ2) is 5.40. The third-order valence-electron chi connectivity index (χ3n) is 2.75. The van der Waals surface area contributed by atoms with Crippen LogP contribution in [0.5, 0.6) is 0 Å². The molecular formula is C15H16N2O4. The summed E-state index contributed by atoms with van der Waals surface area (Å²) >= 11 is 0. The van der Waals surface area contributed by atoms with E-state index in [1.807, 2.05) is 20.8 Å². The van der Waals surface area contributed by atoms with Crippen molar-refractivity contribution in [2.24, 2.45) is 0 Å². The minimum Gasteiger partial charge on any atom is -0.478 e. The number of oxazole rings is 1. The molecular weight excluding hydrogens is 272 g/mol. The number of nitrogens with one attached hydrogen (secondary N) is 1. The van der Waals surface area contributed by atoms with E-state index in [1.54, 1.807) is 12.1 Å². The van der Waals surface area contributed by atoms with E-state index in [-0.39, 0.29) is 16.7 Å². The van der Waals surface area contributed by atoms with Gasteiger partial charge in [0.25, 0.3) is 5.91 Å². The number of aromatic carboxylic acids is 1. The summed E-state index contributed by atoms with van der Waals surface area (Å²) in [6.07, 6.45) is 1.29. The summed E-state index contributed by atoms with van der Waals surface area (Å²) in [4.78, 5) is 27.1. The van der Waals surface area contributed by atoms with E-state index in [9.17, 15) is 9.59 Å². The number of carboxylic acid groups (broad SMARTS) is 1. The lowest BCUT2D eigenvalue weighted by Crippen LogP contribution is -2.15. The summed E-state index contributed by atoms with van der Waals surface area (Å²) < 4.78 is 5.28. The largest absolute Gasteiger partial charge is 0.478 e. The Kier molecular flexibility index (Phi) is 3.80. The summed E-state index contributed by atoms with van der Waals surface area (Å²) in [5.74, 6) is -1.04. The smallest absolute Gasteiger partial charge is 0.335 e. The SMILES string of the molecule is CC(C)(C)c1nc(C(=O)Nc2cccc(C(=O)O)c2)co1. The Hall–Kier alpha value is -2.63. The monoisotopic (exact) mass is 288 g/mol. The average Bonchev–Trinajstić information content (AvgIpc) is 2.88. The predicted octanol–water partition coefficient (Wildman–Crippen LogP) is 2.92. The Bertz CT molecular complexity index is 683. The van der Waals surface area contributed by atoms with Crippen molar-refractivity contribution in [1.82, 2.24) is 4.98 Å². The first-order valence-corrected chi connectivity index (χ1v) is 6.38. The summed E-state index contributed by atoms with van der Waals surface area (Å²) in [5.41, 5.74) is 0.353. The van der Waals surface area contributed by atoms with Gasteiger partial charge >= 0.3 is 5.97 Å². The Morgan fingerprint density at radius 1 is 1.29 bits per heavy atom. The molecule has 2 rings (SSSR count). The number of anilines is 1. The molecule has 0 aliphatic carbocycles. The summed E-state index contributed by atoms with van der Waals surface area (Å²) in [5, 5.41) is 11.5. The van der Waals surface area contributed by atoms with Crippen LogP contribution in [0.2, 0.25) is 0 Å².